The lowest BCUT2D eigenvalue weighted by atomic mass is 9.99. The van der Waals surface area contributed by atoms with Gasteiger partial charge >= 0.3 is 5.97 Å². The Kier molecular flexibility index (Phi) is 2.66. The Balaban J connectivity index is 2.30. The van der Waals surface area contributed by atoms with Gasteiger partial charge in [0.2, 0.25) is 0 Å². The smallest absolute Gasteiger partial charge is 0.304 e. The fourth-order valence-electron chi connectivity index (χ4n) is 1.99. The molecule has 0 atom stereocenters. The molecule has 1 aromatic rings. The summed E-state index contributed by atoms with van der Waals surface area (Å²) in [7, 11) is 3.91. The average Bonchev–Trinajstić information content (AvgIpc) is 2.79. The van der Waals surface area contributed by atoms with Gasteiger partial charge in [0.05, 0.1) is 12.1 Å². The molecule has 0 bridgehead atoms. The molecular weight excluding hydrogens is 224 g/mol. The molecule has 1 fully saturated rings. The van der Waals surface area contributed by atoms with Crippen LogP contribution in [-0.4, -0.2) is 30.2 Å². The van der Waals surface area contributed by atoms with Crippen molar-refractivity contribution in [3.05, 3.63) is 10.6 Å². The third-order valence-electron chi connectivity index (χ3n) is 2.99. The first kappa shape index (κ1) is 11.4. The minimum absolute atomic E-state index is 0.109. The standard InChI is InChI=1S/C11H16N2O2S/c1-7-9(16-10(12-7)13(2)3)11(4-5-11)6-8(14)15/h4-6H2,1-3H3,(H,14,15). The van der Waals surface area contributed by atoms with Crippen molar-refractivity contribution in [2.45, 2.75) is 31.6 Å². The van der Waals surface area contributed by atoms with Crippen molar-refractivity contribution in [2.24, 2.45) is 0 Å². The van der Waals surface area contributed by atoms with Gasteiger partial charge in [0.15, 0.2) is 5.13 Å². The first-order chi connectivity index (χ1) is 7.44. The largest absolute Gasteiger partial charge is 0.481 e. The molecular formula is C11H16N2O2S. The molecule has 1 heterocycles. The monoisotopic (exact) mass is 240 g/mol. The molecule has 1 aliphatic rings. The van der Waals surface area contributed by atoms with Crippen LogP contribution < -0.4 is 4.90 Å². The van der Waals surface area contributed by atoms with Crippen LogP contribution in [0.3, 0.4) is 0 Å². The molecule has 0 amide bonds. The van der Waals surface area contributed by atoms with Crippen LogP contribution in [0.25, 0.3) is 0 Å². The minimum Gasteiger partial charge on any atom is -0.481 e. The second-order valence-corrected chi connectivity index (χ2v) is 5.63. The number of hydrogen-bond donors (Lipinski definition) is 1. The maximum atomic E-state index is 10.9. The van der Waals surface area contributed by atoms with Gasteiger partial charge in [-0.3, -0.25) is 4.79 Å². The molecule has 2 rings (SSSR count). The Bertz CT molecular complexity index is 422. The van der Waals surface area contributed by atoms with Crippen molar-refractivity contribution in [1.82, 2.24) is 4.98 Å². The van der Waals surface area contributed by atoms with Crippen molar-refractivity contribution in [2.75, 3.05) is 19.0 Å². The molecule has 5 heteroatoms. The zero-order valence-electron chi connectivity index (χ0n) is 9.78. The summed E-state index contributed by atoms with van der Waals surface area (Å²) in [4.78, 5) is 18.5. The van der Waals surface area contributed by atoms with Crippen LogP contribution in [0.1, 0.15) is 29.8 Å². The molecule has 1 saturated carbocycles. The molecule has 4 nitrogen and oxygen atoms in total. The van der Waals surface area contributed by atoms with Crippen LogP contribution in [0.4, 0.5) is 5.13 Å². The maximum Gasteiger partial charge on any atom is 0.304 e. The highest BCUT2D eigenvalue weighted by Gasteiger charge is 2.48. The molecule has 0 aliphatic heterocycles. The zero-order valence-corrected chi connectivity index (χ0v) is 10.6. The molecule has 0 unspecified atom stereocenters. The van der Waals surface area contributed by atoms with Crippen molar-refractivity contribution >= 4 is 22.4 Å². The average molecular weight is 240 g/mol. The maximum absolute atomic E-state index is 10.9. The van der Waals surface area contributed by atoms with E-state index in [0.717, 1.165) is 23.7 Å². The van der Waals surface area contributed by atoms with Crippen molar-refractivity contribution in [3.8, 4) is 0 Å². The predicted octanol–water partition coefficient (Wildman–Crippen LogP) is 2.02. The van der Waals surface area contributed by atoms with Crippen LogP contribution in [0.2, 0.25) is 0 Å². The van der Waals surface area contributed by atoms with Gasteiger partial charge in [-0.15, -0.1) is 11.3 Å². The number of carboxylic acids is 1. The van der Waals surface area contributed by atoms with Crippen LogP contribution in [0.5, 0.6) is 0 Å². The summed E-state index contributed by atoms with van der Waals surface area (Å²) in [6.45, 7) is 1.97. The highest BCUT2D eigenvalue weighted by molar-refractivity contribution is 7.16. The summed E-state index contributed by atoms with van der Waals surface area (Å²) in [5.41, 5.74) is 0.884. The minimum atomic E-state index is -0.711. The van der Waals surface area contributed by atoms with Crippen LogP contribution in [0.15, 0.2) is 0 Å². The SMILES string of the molecule is Cc1nc(N(C)C)sc1C1(CC(=O)O)CC1. The van der Waals surface area contributed by atoms with E-state index in [0.29, 0.717) is 0 Å². The van der Waals surface area contributed by atoms with E-state index in [1.165, 1.54) is 4.88 Å². The molecule has 0 radical (unpaired) electrons. The van der Waals surface area contributed by atoms with Gasteiger partial charge in [0.25, 0.3) is 0 Å². The normalized spacial score (nSPS) is 17.2. The number of hydrogen-bond acceptors (Lipinski definition) is 4. The number of aliphatic carboxylic acids is 1. The van der Waals surface area contributed by atoms with Crippen molar-refractivity contribution in [3.63, 3.8) is 0 Å². The number of aromatic nitrogens is 1. The van der Waals surface area contributed by atoms with E-state index in [1.807, 2.05) is 25.9 Å². The van der Waals surface area contributed by atoms with Crippen LogP contribution >= 0.6 is 11.3 Å². The van der Waals surface area contributed by atoms with E-state index in [-0.39, 0.29) is 11.8 Å². The lowest BCUT2D eigenvalue weighted by molar-refractivity contribution is -0.137. The number of aryl methyl sites for hydroxylation is 1. The second kappa shape index (κ2) is 3.73. The summed E-state index contributed by atoms with van der Waals surface area (Å²) in [6.07, 6.45) is 2.20. The van der Waals surface area contributed by atoms with E-state index < -0.39 is 5.97 Å². The first-order valence-corrected chi connectivity index (χ1v) is 6.13. The third-order valence-corrected chi connectivity index (χ3v) is 4.56. The quantitative estimate of drug-likeness (QED) is 0.875. The molecule has 16 heavy (non-hydrogen) atoms. The first-order valence-electron chi connectivity index (χ1n) is 5.32. The Morgan fingerprint density at radius 3 is 2.56 bits per heavy atom. The fraction of sp³-hybridized carbons (Fsp3) is 0.636. The molecule has 1 N–H and O–H groups in total. The predicted molar refractivity (Wildman–Crippen MR) is 64.3 cm³/mol. The van der Waals surface area contributed by atoms with Crippen molar-refractivity contribution < 1.29 is 9.90 Å². The van der Waals surface area contributed by atoms with E-state index in [4.69, 9.17) is 5.11 Å². The fourth-order valence-corrected chi connectivity index (χ4v) is 3.22. The Hall–Kier alpha value is -1.10. The van der Waals surface area contributed by atoms with Gasteiger partial charge in [0, 0.05) is 24.4 Å². The number of nitrogens with zero attached hydrogens (tertiary/aromatic N) is 2. The van der Waals surface area contributed by atoms with Crippen molar-refractivity contribution in [1.29, 1.82) is 0 Å². The lowest BCUT2D eigenvalue weighted by Crippen LogP contribution is -2.12. The van der Waals surface area contributed by atoms with E-state index >= 15 is 0 Å². The number of thiazole rings is 1. The number of carboxylic acid groups (broad SMARTS) is 1. The molecule has 0 aromatic carbocycles. The Morgan fingerprint density at radius 2 is 2.19 bits per heavy atom. The van der Waals surface area contributed by atoms with E-state index in [9.17, 15) is 4.79 Å². The number of rotatable bonds is 4. The van der Waals surface area contributed by atoms with E-state index in [2.05, 4.69) is 4.98 Å². The second-order valence-electron chi connectivity index (χ2n) is 4.66. The van der Waals surface area contributed by atoms with Gasteiger partial charge < -0.3 is 10.0 Å². The summed E-state index contributed by atoms with van der Waals surface area (Å²) in [6, 6.07) is 0. The number of anilines is 1. The lowest BCUT2D eigenvalue weighted by Gasteiger charge is -2.10. The van der Waals surface area contributed by atoms with Gasteiger partial charge in [-0.2, -0.15) is 0 Å². The molecule has 1 aliphatic carbocycles. The van der Waals surface area contributed by atoms with E-state index in [1.54, 1.807) is 11.3 Å². The van der Waals surface area contributed by atoms with Gasteiger partial charge in [-0.25, -0.2) is 4.98 Å². The Morgan fingerprint density at radius 1 is 1.56 bits per heavy atom. The van der Waals surface area contributed by atoms with Gasteiger partial charge in [-0.1, -0.05) is 0 Å². The van der Waals surface area contributed by atoms with Gasteiger partial charge in [0.1, 0.15) is 0 Å². The Labute approximate surface area is 98.9 Å². The molecule has 88 valence electrons. The number of carbonyl (C=O) groups is 1. The van der Waals surface area contributed by atoms with Gasteiger partial charge in [-0.05, 0) is 19.8 Å². The summed E-state index contributed by atoms with van der Waals surface area (Å²) in [5.74, 6) is -0.711. The highest BCUT2D eigenvalue weighted by atomic mass is 32.1. The third kappa shape index (κ3) is 1.91. The summed E-state index contributed by atoms with van der Waals surface area (Å²) in [5, 5.41) is 9.89. The summed E-state index contributed by atoms with van der Waals surface area (Å²) >= 11 is 1.63. The van der Waals surface area contributed by atoms with Crippen LogP contribution in [0, 0.1) is 6.92 Å². The summed E-state index contributed by atoms with van der Waals surface area (Å²) < 4.78 is 0. The van der Waals surface area contributed by atoms with Crippen LogP contribution in [-0.2, 0) is 10.2 Å². The topological polar surface area (TPSA) is 53.4 Å². The zero-order chi connectivity index (χ0) is 11.9. The molecule has 0 spiro atoms. The molecule has 1 aromatic heterocycles. The molecule has 0 saturated heterocycles. The highest BCUT2D eigenvalue weighted by Crippen LogP contribution is 2.54.